The number of hydrogen-bond acceptors (Lipinski definition) is 12. The number of amides is 4. The number of likely N-dealkylation sites (tertiary alicyclic amines) is 1. The van der Waals surface area contributed by atoms with E-state index in [1.54, 1.807) is 7.05 Å². The molecule has 0 saturated carbocycles. The van der Waals surface area contributed by atoms with E-state index in [0.29, 0.717) is 0 Å². The molecule has 7 N–H and O–H groups in total. The third-order valence-electron chi connectivity index (χ3n) is 5.10. The Balaban J connectivity index is 0. The molecule has 0 bridgehead atoms. The summed E-state index contributed by atoms with van der Waals surface area (Å²) in [5, 5.41) is 29.4. The van der Waals surface area contributed by atoms with Gasteiger partial charge in [0.2, 0.25) is 23.6 Å². The lowest BCUT2D eigenvalue weighted by Crippen LogP contribution is -2.45. The molecule has 41 heavy (non-hydrogen) atoms. The number of imide groups is 1. The first kappa shape index (κ1) is 39.1. The van der Waals surface area contributed by atoms with Gasteiger partial charge >= 0.3 is 11.9 Å². The zero-order valence-corrected chi connectivity index (χ0v) is 24.0. The summed E-state index contributed by atoms with van der Waals surface area (Å²) in [6.45, 7) is 3.80. The van der Waals surface area contributed by atoms with Gasteiger partial charge in [-0.1, -0.05) is 0 Å². The van der Waals surface area contributed by atoms with E-state index >= 15 is 0 Å². The van der Waals surface area contributed by atoms with Crippen LogP contribution in [0.15, 0.2) is 0 Å². The fourth-order valence-electron chi connectivity index (χ4n) is 2.93. The van der Waals surface area contributed by atoms with E-state index in [1.165, 1.54) is 34.9 Å². The maximum Gasteiger partial charge on any atom is 0.321 e. The number of ketones is 3. The largest absolute Gasteiger partial charge is 0.481 e. The Labute approximate surface area is 237 Å². The molecule has 4 amide bonds. The molecular weight excluding hydrogens is 548 g/mol. The van der Waals surface area contributed by atoms with E-state index < -0.39 is 41.9 Å². The molecule has 3 atom stereocenters. The van der Waals surface area contributed by atoms with Crippen molar-refractivity contribution in [1.29, 1.82) is 0 Å². The molecule has 0 aromatic heterocycles. The van der Waals surface area contributed by atoms with Crippen LogP contribution in [0.4, 0.5) is 0 Å². The molecule has 1 aliphatic rings. The molecule has 0 aromatic rings. The number of carboxylic acid groups (broad SMARTS) is 2. The lowest BCUT2D eigenvalue weighted by molar-refractivity contribution is -0.142. The molecule has 0 radical (unpaired) electrons. The number of Topliss-reactive ketones (excluding diaryl/α,β-unsaturated/α-hetero) is 3. The Bertz CT molecular complexity index is 985. The van der Waals surface area contributed by atoms with Crippen LogP contribution < -0.4 is 26.6 Å². The van der Waals surface area contributed by atoms with Gasteiger partial charge in [0, 0.05) is 0 Å². The van der Waals surface area contributed by atoms with Crippen LogP contribution in [0.25, 0.3) is 0 Å². The van der Waals surface area contributed by atoms with Gasteiger partial charge in [-0.05, 0) is 41.9 Å². The van der Waals surface area contributed by atoms with Gasteiger partial charge in [-0.25, -0.2) is 0 Å². The van der Waals surface area contributed by atoms with E-state index in [-0.39, 0.29) is 68.1 Å². The Hall–Kier alpha value is -4.09. The number of carbonyl (C=O) groups excluding carboxylic acids is 7. The Morgan fingerprint density at radius 2 is 1.32 bits per heavy atom. The maximum atomic E-state index is 11.4. The van der Waals surface area contributed by atoms with E-state index in [4.69, 9.17) is 10.2 Å². The van der Waals surface area contributed by atoms with Gasteiger partial charge in [0.25, 0.3) is 0 Å². The van der Waals surface area contributed by atoms with Crippen molar-refractivity contribution in [3.63, 3.8) is 0 Å². The van der Waals surface area contributed by atoms with Crippen LogP contribution in [0, 0.1) is 0 Å². The third kappa shape index (κ3) is 18.0. The molecule has 232 valence electrons. The molecule has 1 aliphatic heterocycles. The predicted molar refractivity (Wildman–Crippen MR) is 142 cm³/mol. The number of nitrogens with one attached hydrogen (secondary N) is 5. The average Bonchev–Trinajstić information content (AvgIpc) is 3.15. The van der Waals surface area contributed by atoms with Crippen molar-refractivity contribution in [2.45, 2.75) is 58.2 Å². The number of hydrogen-bond donors (Lipinski definition) is 7. The summed E-state index contributed by atoms with van der Waals surface area (Å²) in [5.41, 5.74) is 0. The zero-order chi connectivity index (χ0) is 32.3. The number of carbonyl (C=O) groups is 9. The summed E-state index contributed by atoms with van der Waals surface area (Å²) < 4.78 is 0. The normalized spacial score (nSPS) is 15.3. The Morgan fingerprint density at radius 1 is 0.805 bits per heavy atom. The predicted octanol–water partition coefficient (Wildman–Crippen LogP) is -3.57. The van der Waals surface area contributed by atoms with E-state index in [0.717, 1.165) is 4.90 Å². The standard InChI is InChI=1S/2C8H14N2O4.C8H12N2O3/c1-5(11)4-10-8(14)6(9-2)3-7(12)13;1-5(11)4-10-7(12)3-6(9-2)8(13)14;1-5(11)4-10-7(12)3-6(9-2)8(10)13/h6,9H,3-4H2,1-2H3,(H,10,14)(H,12,13);6,9H,3-4H2,1-2H3,(H,10,12)(H,13,14);6,9H,3-4H2,1-2H3. The van der Waals surface area contributed by atoms with Crippen LogP contribution in [-0.4, -0.2) is 127 Å². The van der Waals surface area contributed by atoms with Crippen molar-refractivity contribution >= 4 is 52.9 Å². The summed E-state index contributed by atoms with van der Waals surface area (Å²) in [6.07, 6.45) is -0.331. The summed E-state index contributed by atoms with van der Waals surface area (Å²) in [7, 11) is 4.56. The highest BCUT2D eigenvalue weighted by Crippen LogP contribution is 2.11. The van der Waals surface area contributed by atoms with Gasteiger partial charge in [-0.15, -0.1) is 0 Å². The van der Waals surface area contributed by atoms with Gasteiger partial charge in [0.1, 0.15) is 23.4 Å². The molecule has 1 heterocycles. The van der Waals surface area contributed by atoms with Gasteiger partial charge < -0.3 is 36.8 Å². The molecule has 0 aliphatic carbocycles. The van der Waals surface area contributed by atoms with Crippen molar-refractivity contribution in [3.8, 4) is 0 Å². The maximum absolute atomic E-state index is 11.4. The molecule has 1 fully saturated rings. The van der Waals surface area contributed by atoms with Crippen molar-refractivity contribution < 1.29 is 53.4 Å². The van der Waals surface area contributed by atoms with Gasteiger partial charge in [0.15, 0.2) is 0 Å². The summed E-state index contributed by atoms with van der Waals surface area (Å²) >= 11 is 0. The highest BCUT2D eigenvalue weighted by molar-refractivity contribution is 6.07. The zero-order valence-electron chi connectivity index (χ0n) is 24.0. The van der Waals surface area contributed by atoms with Crippen LogP contribution in [0.1, 0.15) is 40.0 Å². The van der Waals surface area contributed by atoms with Crippen LogP contribution >= 0.6 is 0 Å². The van der Waals surface area contributed by atoms with Crippen LogP contribution in [0.5, 0.6) is 0 Å². The van der Waals surface area contributed by atoms with E-state index in [1.807, 2.05) is 0 Å². The second-order valence-electron chi connectivity index (χ2n) is 8.79. The van der Waals surface area contributed by atoms with Crippen LogP contribution in [0.2, 0.25) is 0 Å². The third-order valence-corrected chi connectivity index (χ3v) is 5.10. The number of aliphatic carboxylic acids is 2. The quantitative estimate of drug-likeness (QED) is 0.0914. The monoisotopic (exact) mass is 588 g/mol. The number of rotatable bonds is 15. The minimum atomic E-state index is -1.09. The second-order valence-corrected chi connectivity index (χ2v) is 8.79. The first-order chi connectivity index (χ1) is 19.0. The molecule has 1 saturated heterocycles. The van der Waals surface area contributed by atoms with Gasteiger partial charge in [-0.3, -0.25) is 48.1 Å². The first-order valence-corrected chi connectivity index (χ1v) is 12.3. The highest BCUT2D eigenvalue weighted by atomic mass is 16.4. The van der Waals surface area contributed by atoms with Crippen LogP contribution in [-0.2, 0) is 43.2 Å². The Kier molecular flexibility index (Phi) is 19.8. The van der Waals surface area contributed by atoms with Crippen molar-refractivity contribution in [3.05, 3.63) is 0 Å². The van der Waals surface area contributed by atoms with Gasteiger partial charge in [0.05, 0.1) is 51.0 Å². The second kappa shape index (κ2) is 20.8. The molecule has 0 spiro atoms. The summed E-state index contributed by atoms with van der Waals surface area (Å²) in [6, 6.07) is -2.17. The lowest BCUT2D eigenvalue weighted by Gasteiger charge is -2.12. The highest BCUT2D eigenvalue weighted by Gasteiger charge is 2.37. The number of carboxylic acids is 2. The number of nitrogens with zero attached hydrogens (tertiary/aromatic N) is 1. The average molecular weight is 589 g/mol. The van der Waals surface area contributed by atoms with E-state index in [2.05, 4.69) is 26.6 Å². The minimum Gasteiger partial charge on any atom is -0.481 e. The van der Waals surface area contributed by atoms with E-state index in [9.17, 15) is 43.2 Å². The topological polar surface area (TPSA) is 257 Å². The van der Waals surface area contributed by atoms with Crippen molar-refractivity contribution in [2.75, 3.05) is 40.8 Å². The molecule has 3 unspecified atom stereocenters. The number of likely N-dealkylation sites (N-methyl/N-ethyl adjacent to an activating group) is 3. The Morgan fingerprint density at radius 3 is 1.68 bits per heavy atom. The minimum absolute atomic E-state index is 0.0606. The SMILES string of the molecule is CNC(CC(=O)NCC(C)=O)C(=O)O.CNC(CC(=O)O)C(=O)NCC(C)=O.CNC1CC(=O)N(CC(C)=O)C1=O. The summed E-state index contributed by atoms with van der Waals surface area (Å²) in [5.74, 6) is -4.21. The van der Waals surface area contributed by atoms with Crippen molar-refractivity contribution in [1.82, 2.24) is 31.5 Å². The summed E-state index contributed by atoms with van der Waals surface area (Å²) in [4.78, 5) is 98.4. The fourth-order valence-corrected chi connectivity index (χ4v) is 2.93. The molecule has 0 aromatic carbocycles. The fraction of sp³-hybridized carbons (Fsp3) is 0.625. The van der Waals surface area contributed by atoms with Crippen LogP contribution in [0.3, 0.4) is 0 Å². The molecule has 17 heteroatoms. The molecular formula is C24H40N6O11. The first-order valence-electron chi connectivity index (χ1n) is 12.3. The van der Waals surface area contributed by atoms with Crippen molar-refractivity contribution in [2.24, 2.45) is 0 Å². The lowest BCUT2D eigenvalue weighted by atomic mass is 10.2. The van der Waals surface area contributed by atoms with Gasteiger partial charge in [-0.2, -0.15) is 0 Å². The molecule has 1 rings (SSSR count). The molecule has 17 nitrogen and oxygen atoms in total. The smallest absolute Gasteiger partial charge is 0.321 e.